The number of nitrogens with one attached hydrogen (secondary N) is 1. The predicted octanol–water partition coefficient (Wildman–Crippen LogP) is 2.25. The quantitative estimate of drug-likeness (QED) is 0.614. The van der Waals surface area contributed by atoms with Gasteiger partial charge in [0, 0.05) is 17.6 Å². The number of rotatable bonds is 2. The molecule has 1 aromatic carbocycles. The van der Waals surface area contributed by atoms with Gasteiger partial charge in [0.05, 0.1) is 11.1 Å². The summed E-state index contributed by atoms with van der Waals surface area (Å²) >= 11 is 0. The molecule has 0 spiro atoms. The molecule has 0 aliphatic carbocycles. The van der Waals surface area contributed by atoms with Crippen LogP contribution < -0.4 is 4.91 Å². The summed E-state index contributed by atoms with van der Waals surface area (Å²) in [4.78, 5) is 17.3. The zero-order valence-electron chi connectivity index (χ0n) is 8.38. The maximum atomic E-state index is 13.4. The van der Waals surface area contributed by atoms with Crippen LogP contribution in [-0.2, 0) is 0 Å². The fourth-order valence-electron chi connectivity index (χ4n) is 1.38. The van der Waals surface area contributed by atoms with E-state index in [9.17, 15) is 9.18 Å². The van der Waals surface area contributed by atoms with Crippen molar-refractivity contribution in [3.05, 3.63) is 35.8 Å². The second-order valence-corrected chi connectivity index (χ2v) is 3.23. The third kappa shape index (κ3) is 1.99. The summed E-state index contributed by atoms with van der Waals surface area (Å²) in [5.74, 6) is -1.81. The Morgan fingerprint density at radius 3 is 2.88 bits per heavy atom. The molecule has 1 aromatic heterocycles. The Bertz CT molecular complexity index is 665. The van der Waals surface area contributed by atoms with Crippen molar-refractivity contribution < 1.29 is 14.3 Å². The number of halogens is 1. The summed E-state index contributed by atoms with van der Waals surface area (Å²) in [7, 11) is 0. The van der Waals surface area contributed by atoms with Crippen LogP contribution in [0.5, 0.6) is 0 Å². The van der Waals surface area contributed by atoms with Crippen LogP contribution in [0.1, 0.15) is 10.4 Å². The number of carbonyl (C=O) groups is 1. The highest BCUT2D eigenvalue weighted by Gasteiger charge is 2.11. The van der Waals surface area contributed by atoms with Crippen LogP contribution in [0.15, 0.2) is 29.5 Å². The van der Waals surface area contributed by atoms with Gasteiger partial charge in [0.2, 0.25) is 4.91 Å². The van der Waals surface area contributed by atoms with Gasteiger partial charge in [-0.05, 0) is 12.1 Å². The zero-order chi connectivity index (χ0) is 12.4. The Balaban J connectivity index is 2.69. The van der Waals surface area contributed by atoms with Crippen molar-refractivity contribution in [3.63, 3.8) is 0 Å². The van der Waals surface area contributed by atoms with Crippen molar-refractivity contribution in [3.8, 4) is 0 Å². The molecule has 0 fully saturated rings. The number of aromatic carboxylic acids is 1. The topological polar surface area (TPSA) is 101 Å². The molecular weight excluding hydrogens is 227 g/mol. The molecule has 0 saturated heterocycles. The van der Waals surface area contributed by atoms with E-state index in [2.05, 4.69) is 15.0 Å². The van der Waals surface area contributed by atoms with E-state index in [0.717, 1.165) is 6.07 Å². The number of carboxylic acid groups (broad SMARTS) is 1. The van der Waals surface area contributed by atoms with Crippen LogP contribution in [0.2, 0.25) is 0 Å². The second kappa shape index (κ2) is 4.07. The molecule has 6 nitrogen and oxygen atoms in total. The molecule has 17 heavy (non-hydrogen) atoms. The number of nitrogens with zero attached hydrogens (tertiary/aromatic N) is 3. The molecule has 0 aliphatic heterocycles. The van der Waals surface area contributed by atoms with E-state index in [4.69, 9.17) is 10.6 Å². The lowest BCUT2D eigenvalue weighted by atomic mass is 10.1. The van der Waals surface area contributed by atoms with Crippen LogP contribution in [-0.4, -0.2) is 16.1 Å². The minimum Gasteiger partial charge on any atom is -0.478 e. The molecular formula is C10H6FN4O2+. The first-order valence-corrected chi connectivity index (χ1v) is 4.52. The first-order valence-electron chi connectivity index (χ1n) is 4.52. The van der Waals surface area contributed by atoms with Gasteiger partial charge in [0.25, 0.3) is 0 Å². The predicted molar refractivity (Wildman–Crippen MR) is 55.6 cm³/mol. The number of hydrogen-bond acceptors (Lipinski definition) is 4. The lowest BCUT2D eigenvalue weighted by molar-refractivity contribution is 0.0696. The summed E-state index contributed by atoms with van der Waals surface area (Å²) in [5, 5.41) is 12.4. The van der Waals surface area contributed by atoms with E-state index < -0.39 is 11.8 Å². The minimum atomic E-state index is -1.13. The SMILES string of the molecule is N=[N+]=Nc1cc2ncc(C(=O)O)cc2cc1F. The second-order valence-electron chi connectivity index (χ2n) is 3.23. The maximum Gasteiger partial charge on any atom is 0.337 e. The minimum absolute atomic E-state index is 0.0215. The first kappa shape index (κ1) is 10.8. The van der Waals surface area contributed by atoms with Crippen molar-refractivity contribution in [2.75, 3.05) is 0 Å². The van der Waals surface area contributed by atoms with E-state index in [1.54, 1.807) is 0 Å². The highest BCUT2D eigenvalue weighted by Crippen LogP contribution is 2.24. The van der Waals surface area contributed by atoms with Gasteiger partial charge < -0.3 is 5.11 Å². The number of carboxylic acids is 1. The van der Waals surface area contributed by atoms with Gasteiger partial charge in [0.15, 0.2) is 16.6 Å². The molecule has 7 heteroatoms. The molecule has 0 radical (unpaired) electrons. The number of aromatic nitrogens is 1. The summed E-state index contributed by atoms with van der Waals surface area (Å²) in [6, 6.07) is 3.72. The fourth-order valence-corrected chi connectivity index (χ4v) is 1.38. The van der Waals surface area contributed by atoms with E-state index >= 15 is 0 Å². The van der Waals surface area contributed by atoms with Crippen LogP contribution in [0, 0.1) is 11.3 Å². The lowest BCUT2D eigenvalue weighted by Crippen LogP contribution is -1.97. The van der Waals surface area contributed by atoms with Gasteiger partial charge in [0.1, 0.15) is 5.53 Å². The average Bonchev–Trinajstić information content (AvgIpc) is 2.29. The smallest absolute Gasteiger partial charge is 0.337 e. The van der Waals surface area contributed by atoms with Crippen LogP contribution in [0.25, 0.3) is 10.9 Å². The van der Waals surface area contributed by atoms with Crippen molar-refractivity contribution in [1.82, 2.24) is 9.90 Å². The fraction of sp³-hybridized carbons (Fsp3) is 0. The molecule has 0 bridgehead atoms. The Morgan fingerprint density at radius 2 is 2.24 bits per heavy atom. The number of fused-ring (bicyclic) bond motifs is 1. The van der Waals surface area contributed by atoms with Gasteiger partial charge in [-0.1, -0.05) is 0 Å². The van der Waals surface area contributed by atoms with Crippen molar-refractivity contribution in [1.29, 1.82) is 5.53 Å². The summed E-state index contributed by atoms with van der Waals surface area (Å²) < 4.78 is 13.4. The number of pyridine rings is 1. The molecule has 0 unspecified atom stereocenters. The monoisotopic (exact) mass is 233 g/mol. The van der Waals surface area contributed by atoms with E-state index in [-0.39, 0.29) is 11.3 Å². The van der Waals surface area contributed by atoms with E-state index in [0.29, 0.717) is 10.9 Å². The van der Waals surface area contributed by atoms with E-state index in [1.807, 2.05) is 0 Å². The van der Waals surface area contributed by atoms with Crippen LogP contribution in [0.4, 0.5) is 10.1 Å². The van der Waals surface area contributed by atoms with Crippen LogP contribution >= 0.6 is 0 Å². The van der Waals surface area contributed by atoms with Crippen molar-refractivity contribution in [2.45, 2.75) is 0 Å². The molecule has 0 amide bonds. The van der Waals surface area contributed by atoms with Crippen molar-refractivity contribution in [2.24, 2.45) is 5.11 Å². The zero-order valence-corrected chi connectivity index (χ0v) is 8.38. The summed E-state index contributed by atoms with van der Waals surface area (Å²) in [6.45, 7) is 0. The average molecular weight is 233 g/mol. The molecule has 2 N–H and O–H groups in total. The maximum absolute atomic E-state index is 13.4. The van der Waals surface area contributed by atoms with Gasteiger partial charge in [-0.25, -0.2) is 9.18 Å². The summed E-state index contributed by atoms with van der Waals surface area (Å²) in [5.41, 5.74) is 6.79. The number of hydrogen-bond donors (Lipinski definition) is 2. The number of benzene rings is 1. The first-order chi connectivity index (χ1) is 8.11. The van der Waals surface area contributed by atoms with Crippen LogP contribution in [0.3, 0.4) is 0 Å². The Morgan fingerprint density at radius 1 is 1.47 bits per heavy atom. The van der Waals surface area contributed by atoms with E-state index in [1.165, 1.54) is 18.3 Å². The third-order valence-corrected chi connectivity index (χ3v) is 2.15. The molecule has 0 aliphatic rings. The molecule has 84 valence electrons. The lowest BCUT2D eigenvalue weighted by Gasteiger charge is -1.99. The molecule has 2 aromatic rings. The highest BCUT2D eigenvalue weighted by atomic mass is 19.1. The van der Waals surface area contributed by atoms with Gasteiger partial charge >= 0.3 is 5.97 Å². The largest absolute Gasteiger partial charge is 0.478 e. The Hall–Kier alpha value is -2.66. The summed E-state index contributed by atoms with van der Waals surface area (Å²) in [6.07, 6.45) is 1.17. The Labute approximate surface area is 94.0 Å². The van der Waals surface area contributed by atoms with Crippen molar-refractivity contribution >= 4 is 22.6 Å². The van der Waals surface area contributed by atoms with Gasteiger partial charge in [-0.3, -0.25) is 4.98 Å². The molecule has 2 rings (SSSR count). The third-order valence-electron chi connectivity index (χ3n) is 2.15. The standard InChI is InChI=1S/C10H5FN4O2/c11-7-2-5-1-6(10(16)17)4-13-8(5)3-9(7)14-15-12/h1-4,12H/p+1. The molecule has 0 saturated carbocycles. The molecule has 0 atom stereocenters. The molecule has 1 heterocycles. The van der Waals surface area contributed by atoms with Gasteiger partial charge in [-0.15, -0.1) is 0 Å². The normalized spacial score (nSPS) is 9.94. The Kier molecular flexibility index (Phi) is 2.60. The van der Waals surface area contributed by atoms with Gasteiger partial charge in [-0.2, -0.15) is 0 Å². The highest BCUT2D eigenvalue weighted by molar-refractivity contribution is 5.93.